The van der Waals surface area contributed by atoms with E-state index in [1.807, 2.05) is 29.1 Å². The highest BCUT2D eigenvalue weighted by molar-refractivity contribution is 7.13. The van der Waals surface area contributed by atoms with Gasteiger partial charge in [-0.1, -0.05) is 6.07 Å². The lowest BCUT2D eigenvalue weighted by Crippen LogP contribution is -1.98. The summed E-state index contributed by atoms with van der Waals surface area (Å²) in [6.45, 7) is 0.735. The molecule has 0 aliphatic rings. The van der Waals surface area contributed by atoms with Crippen LogP contribution in [-0.2, 0) is 11.3 Å². The van der Waals surface area contributed by atoms with Crippen LogP contribution >= 0.6 is 22.7 Å². The van der Waals surface area contributed by atoms with Crippen LogP contribution in [0.15, 0.2) is 47.4 Å². The smallest absolute Gasteiger partial charge is 0.328 e. The molecule has 106 valence electrons. The quantitative estimate of drug-likeness (QED) is 0.728. The van der Waals surface area contributed by atoms with Gasteiger partial charge in [-0.25, -0.2) is 9.78 Å². The van der Waals surface area contributed by atoms with Crippen molar-refractivity contribution in [1.29, 1.82) is 0 Å². The molecule has 0 aliphatic carbocycles. The van der Waals surface area contributed by atoms with E-state index in [4.69, 9.17) is 5.11 Å². The van der Waals surface area contributed by atoms with Gasteiger partial charge < -0.3 is 9.67 Å². The minimum atomic E-state index is -0.933. The van der Waals surface area contributed by atoms with Crippen molar-refractivity contribution in [1.82, 2.24) is 9.55 Å². The van der Waals surface area contributed by atoms with E-state index in [1.165, 1.54) is 0 Å². The van der Waals surface area contributed by atoms with Crippen LogP contribution < -0.4 is 0 Å². The first-order valence-corrected chi connectivity index (χ1v) is 8.02. The summed E-state index contributed by atoms with van der Waals surface area (Å²) in [5, 5.41) is 12.6. The van der Waals surface area contributed by atoms with Crippen LogP contribution in [-0.4, -0.2) is 20.6 Å². The zero-order valence-corrected chi connectivity index (χ0v) is 12.6. The van der Waals surface area contributed by atoms with Crippen LogP contribution in [0.25, 0.3) is 16.8 Å². The topological polar surface area (TPSA) is 55.1 Å². The molecule has 0 aromatic carbocycles. The number of carboxylic acid groups (broad SMARTS) is 1. The lowest BCUT2D eigenvalue weighted by molar-refractivity contribution is -0.131. The predicted molar refractivity (Wildman–Crippen MR) is 85.6 cm³/mol. The molecule has 0 radical (unpaired) electrons. The molecule has 0 bridgehead atoms. The fraction of sp³-hybridized carbons (Fsp3) is 0.0667. The molecule has 21 heavy (non-hydrogen) atoms. The zero-order valence-electron chi connectivity index (χ0n) is 11.0. The van der Waals surface area contributed by atoms with Gasteiger partial charge in [-0.3, -0.25) is 0 Å². The number of rotatable bonds is 5. The van der Waals surface area contributed by atoms with Crippen LogP contribution in [0.1, 0.15) is 10.4 Å². The monoisotopic (exact) mass is 316 g/mol. The van der Waals surface area contributed by atoms with Gasteiger partial charge >= 0.3 is 5.97 Å². The normalized spacial score (nSPS) is 11.2. The number of imidazole rings is 1. The summed E-state index contributed by atoms with van der Waals surface area (Å²) < 4.78 is 2.10. The summed E-state index contributed by atoms with van der Waals surface area (Å²) in [7, 11) is 0. The van der Waals surface area contributed by atoms with Crippen molar-refractivity contribution >= 4 is 34.7 Å². The Balaban J connectivity index is 1.79. The van der Waals surface area contributed by atoms with Crippen molar-refractivity contribution in [3.05, 3.63) is 57.9 Å². The van der Waals surface area contributed by atoms with E-state index in [-0.39, 0.29) is 0 Å². The minimum absolute atomic E-state index is 0.735. The second-order valence-electron chi connectivity index (χ2n) is 4.37. The predicted octanol–water partition coefficient (Wildman–Crippen LogP) is 3.82. The Morgan fingerprint density at radius 3 is 3.10 bits per heavy atom. The molecule has 0 unspecified atom stereocenters. The van der Waals surface area contributed by atoms with E-state index < -0.39 is 5.97 Å². The number of thiophene rings is 2. The Morgan fingerprint density at radius 1 is 1.43 bits per heavy atom. The van der Waals surface area contributed by atoms with Gasteiger partial charge in [-0.05, 0) is 34.5 Å². The van der Waals surface area contributed by atoms with Gasteiger partial charge in [0.15, 0.2) is 0 Å². The third-order valence-electron chi connectivity index (χ3n) is 2.88. The van der Waals surface area contributed by atoms with Gasteiger partial charge in [0, 0.05) is 23.3 Å². The highest BCUT2D eigenvalue weighted by atomic mass is 32.1. The summed E-state index contributed by atoms with van der Waals surface area (Å²) >= 11 is 3.28. The van der Waals surface area contributed by atoms with Crippen LogP contribution in [0.3, 0.4) is 0 Å². The number of aromatic nitrogens is 2. The molecule has 0 atom stereocenters. The maximum absolute atomic E-state index is 10.5. The van der Waals surface area contributed by atoms with Crippen molar-refractivity contribution < 1.29 is 9.90 Å². The molecule has 0 saturated carbocycles. The van der Waals surface area contributed by atoms with Crippen LogP contribution in [0.4, 0.5) is 0 Å². The van der Waals surface area contributed by atoms with Gasteiger partial charge in [0.2, 0.25) is 0 Å². The van der Waals surface area contributed by atoms with E-state index in [0.717, 1.165) is 33.8 Å². The first-order valence-electron chi connectivity index (χ1n) is 6.26. The molecule has 0 fully saturated rings. The van der Waals surface area contributed by atoms with E-state index in [0.29, 0.717) is 0 Å². The summed E-state index contributed by atoms with van der Waals surface area (Å²) in [6.07, 6.45) is 6.52. The molecular formula is C15H12N2O2S2. The lowest BCUT2D eigenvalue weighted by atomic mass is 10.3. The molecular weight excluding hydrogens is 304 g/mol. The number of nitrogens with zero attached hydrogens (tertiary/aromatic N) is 2. The highest BCUT2D eigenvalue weighted by Gasteiger charge is 2.08. The summed E-state index contributed by atoms with van der Waals surface area (Å²) in [5.41, 5.74) is 0.912. The molecule has 0 amide bonds. The first kappa shape index (κ1) is 13.8. The number of aliphatic carboxylic acids is 1. The van der Waals surface area contributed by atoms with Gasteiger partial charge in [0.1, 0.15) is 5.82 Å². The standard InChI is InChI=1S/C15H12N2O2S2/c18-14(19)4-3-11-8-12(21-10-11)9-17-6-5-16-15(17)13-2-1-7-20-13/h1-8,10H,9H2,(H,18,19). The van der Waals surface area contributed by atoms with Crippen molar-refractivity contribution in [3.8, 4) is 10.7 Å². The fourth-order valence-electron chi connectivity index (χ4n) is 1.97. The van der Waals surface area contributed by atoms with Gasteiger partial charge in [-0.15, -0.1) is 22.7 Å². The zero-order chi connectivity index (χ0) is 14.7. The molecule has 3 aromatic heterocycles. The van der Waals surface area contributed by atoms with E-state index in [9.17, 15) is 4.79 Å². The molecule has 3 heterocycles. The highest BCUT2D eigenvalue weighted by Crippen LogP contribution is 2.25. The van der Waals surface area contributed by atoms with Crippen molar-refractivity contribution in [2.75, 3.05) is 0 Å². The van der Waals surface area contributed by atoms with Gasteiger partial charge in [0.25, 0.3) is 0 Å². The second-order valence-corrected chi connectivity index (χ2v) is 6.32. The number of hydrogen-bond acceptors (Lipinski definition) is 4. The average Bonchev–Trinajstić information content (AvgIpc) is 3.18. The van der Waals surface area contributed by atoms with E-state index >= 15 is 0 Å². The third-order valence-corrected chi connectivity index (χ3v) is 4.68. The molecule has 3 aromatic rings. The van der Waals surface area contributed by atoms with Crippen molar-refractivity contribution in [2.45, 2.75) is 6.54 Å². The Hall–Kier alpha value is -2.18. The molecule has 4 nitrogen and oxygen atoms in total. The van der Waals surface area contributed by atoms with Gasteiger partial charge in [-0.2, -0.15) is 0 Å². The summed E-state index contributed by atoms with van der Waals surface area (Å²) in [5.74, 6) is 0.0263. The number of carboxylic acids is 1. The van der Waals surface area contributed by atoms with Crippen LogP contribution in [0, 0.1) is 0 Å². The first-order chi connectivity index (χ1) is 10.2. The van der Waals surface area contributed by atoms with Crippen molar-refractivity contribution in [2.24, 2.45) is 0 Å². The Kier molecular flexibility index (Phi) is 3.98. The van der Waals surface area contributed by atoms with E-state index in [1.54, 1.807) is 34.9 Å². The van der Waals surface area contributed by atoms with Crippen LogP contribution in [0.2, 0.25) is 0 Å². The van der Waals surface area contributed by atoms with Gasteiger partial charge in [0.05, 0.1) is 11.4 Å². The summed E-state index contributed by atoms with van der Waals surface area (Å²) in [4.78, 5) is 17.2. The van der Waals surface area contributed by atoms with Crippen molar-refractivity contribution in [3.63, 3.8) is 0 Å². The third kappa shape index (κ3) is 3.29. The minimum Gasteiger partial charge on any atom is -0.478 e. The molecule has 1 N–H and O–H groups in total. The Labute approximate surface area is 129 Å². The fourth-order valence-corrected chi connectivity index (χ4v) is 3.56. The SMILES string of the molecule is O=C(O)C=Cc1csc(Cn2ccnc2-c2cccs2)c1. The molecule has 0 spiro atoms. The van der Waals surface area contributed by atoms with Crippen LogP contribution in [0.5, 0.6) is 0 Å². The summed E-state index contributed by atoms with van der Waals surface area (Å²) in [6, 6.07) is 6.07. The average molecular weight is 316 g/mol. The number of hydrogen-bond donors (Lipinski definition) is 1. The molecule has 6 heteroatoms. The maximum Gasteiger partial charge on any atom is 0.328 e. The molecule has 0 aliphatic heterocycles. The second kappa shape index (κ2) is 6.07. The van der Waals surface area contributed by atoms with E-state index in [2.05, 4.69) is 15.6 Å². The Bertz CT molecular complexity index is 769. The maximum atomic E-state index is 10.5. The molecule has 0 saturated heterocycles. The lowest BCUT2D eigenvalue weighted by Gasteiger charge is -2.04. The molecule has 3 rings (SSSR count). The Morgan fingerprint density at radius 2 is 2.33 bits per heavy atom. The number of carbonyl (C=O) groups is 1. The largest absolute Gasteiger partial charge is 0.478 e.